The van der Waals surface area contributed by atoms with Crippen LogP contribution in [0.5, 0.6) is 5.75 Å². The van der Waals surface area contributed by atoms with Gasteiger partial charge in [0.15, 0.2) is 5.96 Å². The van der Waals surface area contributed by atoms with Gasteiger partial charge in [0.1, 0.15) is 23.9 Å². The highest BCUT2D eigenvalue weighted by Gasteiger charge is 2.32. The van der Waals surface area contributed by atoms with Crippen LogP contribution in [0, 0.1) is 0 Å². The summed E-state index contributed by atoms with van der Waals surface area (Å²) >= 11 is 0. The number of hydrogen-bond donors (Lipinski definition) is 10. The number of carbonyl (C=O) groups excluding carboxylic acids is 4. The highest BCUT2D eigenvalue weighted by molar-refractivity contribution is 5.96. The smallest absolute Gasteiger partial charge is 0.326 e. The van der Waals surface area contributed by atoms with Crippen LogP contribution in [0.15, 0.2) is 29.3 Å². The van der Waals surface area contributed by atoms with Gasteiger partial charge in [-0.1, -0.05) is 12.1 Å². The number of carboxylic acid groups (broad SMARTS) is 2. The van der Waals surface area contributed by atoms with Crippen LogP contribution in [-0.2, 0) is 35.2 Å². The molecule has 17 nitrogen and oxygen atoms in total. The second kappa shape index (κ2) is 16.1. The number of primary amides is 1. The number of rotatable bonds is 17. The first-order valence-corrected chi connectivity index (χ1v) is 11.9. The molecule has 0 aromatic heterocycles. The maximum atomic E-state index is 13.2. The Bertz CT molecular complexity index is 1110. The standard InChI is InChI=1S/C23H34N8O9/c24-13(9-17(25)33)19(36)30-15(8-11-3-5-12(32)6-4-11)20(37)31-16(10-18(34)35)21(38)29-14(22(39)40)2-1-7-28-23(26)27/h3-6,13-16,32H,1-2,7-10,24H2,(H2,25,33)(H,29,38)(H,30,36)(H,31,37)(H,34,35)(H,39,40)(H4,26,27,28). The molecular weight excluding hydrogens is 532 g/mol. The largest absolute Gasteiger partial charge is 0.508 e. The number of phenols is 1. The molecule has 0 aliphatic carbocycles. The normalized spacial score (nSPS) is 13.5. The summed E-state index contributed by atoms with van der Waals surface area (Å²) in [7, 11) is 0. The molecule has 4 atom stereocenters. The van der Waals surface area contributed by atoms with E-state index in [9.17, 15) is 44.1 Å². The second-order valence-corrected chi connectivity index (χ2v) is 8.72. The molecular formula is C23H34N8O9. The zero-order valence-electron chi connectivity index (χ0n) is 21.4. The van der Waals surface area contributed by atoms with E-state index >= 15 is 0 Å². The Morgan fingerprint density at radius 1 is 0.800 bits per heavy atom. The molecule has 4 amide bonds. The van der Waals surface area contributed by atoms with Crippen molar-refractivity contribution < 1.29 is 44.1 Å². The lowest BCUT2D eigenvalue weighted by molar-refractivity contribution is -0.143. The Hall–Kier alpha value is -4.93. The zero-order valence-corrected chi connectivity index (χ0v) is 21.4. The molecule has 0 aliphatic rings. The first-order valence-electron chi connectivity index (χ1n) is 11.9. The molecule has 0 heterocycles. The molecule has 0 bridgehead atoms. The number of carboxylic acids is 2. The first kappa shape index (κ1) is 33.1. The van der Waals surface area contributed by atoms with Crippen molar-refractivity contribution in [2.75, 3.05) is 6.54 Å². The molecule has 1 aromatic carbocycles. The van der Waals surface area contributed by atoms with Gasteiger partial charge in [0.05, 0.1) is 18.9 Å². The summed E-state index contributed by atoms with van der Waals surface area (Å²) in [4.78, 5) is 76.3. The van der Waals surface area contributed by atoms with Crippen LogP contribution in [0.4, 0.5) is 0 Å². The fourth-order valence-electron chi connectivity index (χ4n) is 3.35. The average molecular weight is 567 g/mol. The number of phenolic OH excluding ortho intramolecular Hbond substituents is 1. The van der Waals surface area contributed by atoms with Crippen LogP contribution in [0.3, 0.4) is 0 Å². The first-order chi connectivity index (χ1) is 18.7. The van der Waals surface area contributed by atoms with Gasteiger partial charge in [0, 0.05) is 13.0 Å². The van der Waals surface area contributed by atoms with E-state index in [1.54, 1.807) is 0 Å². The van der Waals surface area contributed by atoms with Gasteiger partial charge in [-0.3, -0.25) is 29.0 Å². The average Bonchev–Trinajstić information content (AvgIpc) is 2.85. The minimum absolute atomic E-state index is 0.0678. The summed E-state index contributed by atoms with van der Waals surface area (Å²) in [5.74, 6) is -7.08. The number of aliphatic carboxylic acids is 2. The molecule has 14 N–H and O–H groups in total. The van der Waals surface area contributed by atoms with Gasteiger partial charge in [-0.2, -0.15) is 0 Å². The topological polar surface area (TPSA) is 316 Å². The van der Waals surface area contributed by atoms with Gasteiger partial charge in [0.2, 0.25) is 23.6 Å². The van der Waals surface area contributed by atoms with Gasteiger partial charge in [-0.25, -0.2) is 4.79 Å². The van der Waals surface area contributed by atoms with E-state index < -0.39 is 72.6 Å². The minimum atomic E-state index is -1.73. The maximum Gasteiger partial charge on any atom is 0.326 e. The summed E-state index contributed by atoms with van der Waals surface area (Å²) in [5, 5.41) is 35.0. The third-order valence-corrected chi connectivity index (χ3v) is 5.34. The van der Waals surface area contributed by atoms with Gasteiger partial charge >= 0.3 is 11.9 Å². The second-order valence-electron chi connectivity index (χ2n) is 8.72. The van der Waals surface area contributed by atoms with Crippen LogP contribution in [0.2, 0.25) is 0 Å². The summed E-state index contributed by atoms with van der Waals surface area (Å²) in [6.45, 7) is 0.0772. The number of benzene rings is 1. The maximum absolute atomic E-state index is 13.2. The zero-order chi connectivity index (χ0) is 30.4. The van der Waals surface area contributed by atoms with Crippen molar-refractivity contribution in [3.63, 3.8) is 0 Å². The molecule has 0 saturated carbocycles. The molecule has 0 saturated heterocycles. The Labute approximate surface area is 228 Å². The molecule has 0 spiro atoms. The van der Waals surface area contributed by atoms with Crippen LogP contribution >= 0.6 is 0 Å². The van der Waals surface area contributed by atoms with Gasteiger partial charge in [0.25, 0.3) is 0 Å². The van der Waals surface area contributed by atoms with Gasteiger partial charge in [-0.15, -0.1) is 0 Å². The van der Waals surface area contributed by atoms with E-state index in [0.717, 1.165) is 0 Å². The van der Waals surface area contributed by atoms with Crippen LogP contribution in [0.1, 0.15) is 31.2 Å². The summed E-state index contributed by atoms with van der Waals surface area (Å²) in [5.41, 5.74) is 21.6. The third-order valence-electron chi connectivity index (χ3n) is 5.34. The predicted octanol–water partition coefficient (Wildman–Crippen LogP) is -3.80. The van der Waals surface area contributed by atoms with Crippen molar-refractivity contribution in [2.45, 2.75) is 56.3 Å². The van der Waals surface area contributed by atoms with Crippen molar-refractivity contribution in [2.24, 2.45) is 27.9 Å². The summed E-state index contributed by atoms with van der Waals surface area (Å²) in [6.07, 6.45) is -1.58. The van der Waals surface area contributed by atoms with Crippen molar-refractivity contribution >= 4 is 41.5 Å². The number of hydrogen-bond acceptors (Lipinski definition) is 9. The van der Waals surface area contributed by atoms with E-state index in [1.807, 2.05) is 0 Å². The third kappa shape index (κ3) is 12.5. The van der Waals surface area contributed by atoms with Crippen LogP contribution in [0.25, 0.3) is 0 Å². The molecule has 1 aromatic rings. The number of nitrogens with zero attached hydrogens (tertiary/aromatic N) is 1. The van der Waals surface area contributed by atoms with Gasteiger partial charge in [-0.05, 0) is 30.5 Å². The Morgan fingerprint density at radius 3 is 1.88 bits per heavy atom. The van der Waals surface area contributed by atoms with Crippen LogP contribution < -0.4 is 38.9 Å². The quantitative estimate of drug-likeness (QED) is 0.0493. The Balaban J connectivity index is 3.11. The number of amides is 4. The monoisotopic (exact) mass is 566 g/mol. The van der Waals surface area contributed by atoms with E-state index in [4.69, 9.17) is 22.9 Å². The van der Waals surface area contributed by atoms with E-state index in [1.165, 1.54) is 24.3 Å². The summed E-state index contributed by atoms with van der Waals surface area (Å²) in [6, 6.07) is -0.456. The fraction of sp³-hybridized carbons (Fsp3) is 0.435. The van der Waals surface area contributed by atoms with E-state index in [0.29, 0.717) is 5.56 Å². The summed E-state index contributed by atoms with van der Waals surface area (Å²) < 4.78 is 0. The number of aliphatic imine (C=N–C) groups is 1. The number of nitrogens with two attached hydrogens (primary N) is 4. The number of guanidine groups is 1. The lowest BCUT2D eigenvalue weighted by Gasteiger charge is -2.24. The fourth-order valence-corrected chi connectivity index (χ4v) is 3.35. The molecule has 17 heteroatoms. The van der Waals surface area contributed by atoms with Crippen LogP contribution in [-0.4, -0.2) is 87.6 Å². The molecule has 0 aliphatic heterocycles. The molecule has 0 fully saturated rings. The van der Waals surface area contributed by atoms with Gasteiger partial charge < -0.3 is 54.2 Å². The van der Waals surface area contributed by atoms with Crippen molar-refractivity contribution in [1.82, 2.24) is 16.0 Å². The minimum Gasteiger partial charge on any atom is -0.508 e. The predicted molar refractivity (Wildman–Crippen MR) is 139 cm³/mol. The highest BCUT2D eigenvalue weighted by atomic mass is 16.4. The highest BCUT2D eigenvalue weighted by Crippen LogP contribution is 2.12. The van der Waals surface area contributed by atoms with Crippen molar-refractivity contribution in [3.05, 3.63) is 29.8 Å². The van der Waals surface area contributed by atoms with E-state index in [-0.39, 0.29) is 37.5 Å². The van der Waals surface area contributed by atoms with Crippen molar-refractivity contribution in [3.8, 4) is 5.75 Å². The molecule has 220 valence electrons. The number of carbonyl (C=O) groups is 6. The SMILES string of the molecule is NC(=O)CC(N)C(=O)NC(Cc1ccc(O)cc1)C(=O)NC(CC(=O)O)C(=O)NC(CCCN=C(N)N)C(=O)O. The molecule has 40 heavy (non-hydrogen) atoms. The lowest BCUT2D eigenvalue weighted by atomic mass is 10.0. The van der Waals surface area contributed by atoms with Crippen molar-refractivity contribution in [1.29, 1.82) is 0 Å². The molecule has 0 radical (unpaired) electrons. The molecule has 4 unspecified atom stereocenters. The lowest BCUT2D eigenvalue weighted by Crippen LogP contribution is -2.58. The Morgan fingerprint density at radius 2 is 1.35 bits per heavy atom. The Kier molecular flexibility index (Phi) is 13.3. The number of aromatic hydroxyl groups is 1. The molecule has 1 rings (SSSR count). The number of nitrogens with one attached hydrogen (secondary N) is 3. The van der Waals surface area contributed by atoms with E-state index in [2.05, 4.69) is 20.9 Å².